The molecule has 1 N–H and O–H groups in total. The highest BCUT2D eigenvalue weighted by Crippen LogP contribution is 2.09. The Morgan fingerprint density at radius 2 is 1.75 bits per heavy atom. The summed E-state index contributed by atoms with van der Waals surface area (Å²) in [6, 6.07) is 7.07. The van der Waals surface area contributed by atoms with Gasteiger partial charge in [-0.2, -0.15) is 0 Å². The van der Waals surface area contributed by atoms with Crippen molar-refractivity contribution in [1.29, 1.82) is 0 Å². The van der Waals surface area contributed by atoms with Crippen LogP contribution in [0.4, 0.5) is 0 Å². The molecule has 0 aliphatic carbocycles. The summed E-state index contributed by atoms with van der Waals surface area (Å²) in [6.07, 6.45) is 0.536. The minimum absolute atomic E-state index is 0.0542. The lowest BCUT2D eigenvalue weighted by molar-refractivity contribution is -0.143. The van der Waals surface area contributed by atoms with Crippen LogP contribution in [-0.4, -0.2) is 64.4 Å². The van der Waals surface area contributed by atoms with Gasteiger partial charge in [0.15, 0.2) is 0 Å². The lowest BCUT2D eigenvalue weighted by atomic mass is 10.1. The Hall–Kier alpha value is -2.74. The maximum atomic E-state index is 12.3. The summed E-state index contributed by atoms with van der Waals surface area (Å²) in [5.41, 5.74) is 0.371. The maximum absolute atomic E-state index is 12.3. The summed E-state index contributed by atoms with van der Waals surface area (Å²) in [5.74, 6) is 0.736. The molecule has 0 saturated carbocycles. The van der Waals surface area contributed by atoms with E-state index in [0.29, 0.717) is 55.2 Å². The van der Waals surface area contributed by atoms with Crippen LogP contribution in [0.15, 0.2) is 29.1 Å². The van der Waals surface area contributed by atoms with E-state index in [1.165, 1.54) is 0 Å². The number of ether oxygens (including phenoxy) is 1. The summed E-state index contributed by atoms with van der Waals surface area (Å²) >= 11 is 0. The van der Waals surface area contributed by atoms with Crippen molar-refractivity contribution in [3.05, 3.63) is 40.4 Å². The highest BCUT2D eigenvalue weighted by atomic mass is 16.5. The fourth-order valence-electron chi connectivity index (χ4n) is 3.21. The van der Waals surface area contributed by atoms with Crippen molar-refractivity contribution in [3.8, 4) is 0 Å². The van der Waals surface area contributed by atoms with E-state index in [4.69, 9.17) is 4.74 Å². The zero-order valence-electron chi connectivity index (χ0n) is 16.3. The smallest absolute Gasteiger partial charge is 0.258 e. The lowest BCUT2D eigenvalue weighted by Crippen LogP contribution is -2.51. The SMILES string of the molecule is CC(C)CC(=O)N1CCN(C(=O)COCc2nc3ccccc3c(=O)[nH]2)CC1. The van der Waals surface area contributed by atoms with Crippen LogP contribution >= 0.6 is 0 Å². The molecule has 2 amide bonds. The number of hydrogen-bond acceptors (Lipinski definition) is 5. The molecular weight excluding hydrogens is 360 g/mol. The first-order valence-electron chi connectivity index (χ1n) is 9.55. The molecule has 0 atom stereocenters. The Morgan fingerprint density at radius 3 is 2.43 bits per heavy atom. The van der Waals surface area contributed by atoms with E-state index >= 15 is 0 Å². The molecule has 0 spiro atoms. The molecule has 8 heteroatoms. The molecular formula is C20H26N4O4. The number of para-hydroxylation sites is 1. The summed E-state index contributed by atoms with van der Waals surface area (Å²) < 4.78 is 5.46. The molecule has 1 saturated heterocycles. The number of hydrogen-bond donors (Lipinski definition) is 1. The van der Waals surface area contributed by atoms with Gasteiger partial charge >= 0.3 is 0 Å². The van der Waals surface area contributed by atoms with E-state index in [-0.39, 0.29) is 30.6 Å². The van der Waals surface area contributed by atoms with Crippen LogP contribution in [-0.2, 0) is 20.9 Å². The summed E-state index contributed by atoms with van der Waals surface area (Å²) in [4.78, 5) is 47.0. The van der Waals surface area contributed by atoms with Crippen LogP contribution in [0.2, 0.25) is 0 Å². The number of amides is 2. The van der Waals surface area contributed by atoms with Crippen molar-refractivity contribution in [2.75, 3.05) is 32.8 Å². The molecule has 0 unspecified atom stereocenters. The number of nitrogens with one attached hydrogen (secondary N) is 1. The number of carbonyl (C=O) groups excluding carboxylic acids is 2. The monoisotopic (exact) mass is 386 g/mol. The minimum atomic E-state index is -0.224. The number of aromatic nitrogens is 2. The molecule has 0 radical (unpaired) electrons. The Bertz CT molecular complexity index is 900. The van der Waals surface area contributed by atoms with Crippen LogP contribution in [0.25, 0.3) is 10.9 Å². The van der Waals surface area contributed by atoms with Gasteiger partial charge in [0.25, 0.3) is 5.56 Å². The average molecular weight is 386 g/mol. The van der Waals surface area contributed by atoms with Gasteiger partial charge in [0.05, 0.1) is 10.9 Å². The largest absolute Gasteiger partial charge is 0.364 e. The molecule has 0 bridgehead atoms. The van der Waals surface area contributed by atoms with E-state index in [1.807, 2.05) is 24.8 Å². The Labute approximate surface area is 163 Å². The number of H-pyrrole nitrogens is 1. The van der Waals surface area contributed by atoms with Gasteiger partial charge in [0.2, 0.25) is 11.8 Å². The van der Waals surface area contributed by atoms with Gasteiger partial charge in [-0.05, 0) is 18.1 Å². The van der Waals surface area contributed by atoms with Gasteiger partial charge in [0, 0.05) is 32.6 Å². The zero-order valence-corrected chi connectivity index (χ0v) is 16.3. The molecule has 28 heavy (non-hydrogen) atoms. The van der Waals surface area contributed by atoms with Gasteiger partial charge in [-0.25, -0.2) is 4.98 Å². The third kappa shape index (κ3) is 4.95. The maximum Gasteiger partial charge on any atom is 0.258 e. The van der Waals surface area contributed by atoms with Crippen molar-refractivity contribution < 1.29 is 14.3 Å². The van der Waals surface area contributed by atoms with Crippen molar-refractivity contribution in [2.45, 2.75) is 26.9 Å². The fraction of sp³-hybridized carbons (Fsp3) is 0.500. The summed E-state index contributed by atoms with van der Waals surface area (Å²) in [6.45, 7) is 6.14. The third-order valence-corrected chi connectivity index (χ3v) is 4.69. The van der Waals surface area contributed by atoms with Crippen molar-refractivity contribution in [2.24, 2.45) is 5.92 Å². The second kappa shape index (κ2) is 8.97. The van der Waals surface area contributed by atoms with E-state index in [2.05, 4.69) is 9.97 Å². The van der Waals surface area contributed by atoms with Gasteiger partial charge in [-0.15, -0.1) is 0 Å². The summed E-state index contributed by atoms with van der Waals surface area (Å²) in [5, 5.41) is 0.521. The molecule has 8 nitrogen and oxygen atoms in total. The second-order valence-electron chi connectivity index (χ2n) is 7.38. The van der Waals surface area contributed by atoms with Crippen LogP contribution in [0.1, 0.15) is 26.1 Å². The molecule has 1 fully saturated rings. The van der Waals surface area contributed by atoms with Crippen molar-refractivity contribution in [3.63, 3.8) is 0 Å². The minimum Gasteiger partial charge on any atom is -0.364 e. The normalized spacial score (nSPS) is 14.7. The van der Waals surface area contributed by atoms with E-state index in [0.717, 1.165) is 0 Å². The number of fused-ring (bicyclic) bond motifs is 1. The van der Waals surface area contributed by atoms with Crippen LogP contribution < -0.4 is 5.56 Å². The number of benzene rings is 1. The third-order valence-electron chi connectivity index (χ3n) is 4.69. The molecule has 2 heterocycles. The van der Waals surface area contributed by atoms with Crippen LogP contribution in [0, 0.1) is 5.92 Å². The first kappa shape index (κ1) is 20.0. The van der Waals surface area contributed by atoms with E-state index < -0.39 is 0 Å². The molecule has 1 aliphatic rings. The van der Waals surface area contributed by atoms with Crippen molar-refractivity contribution in [1.82, 2.24) is 19.8 Å². The molecule has 150 valence electrons. The fourth-order valence-corrected chi connectivity index (χ4v) is 3.21. The average Bonchev–Trinajstić information content (AvgIpc) is 2.67. The number of aromatic amines is 1. The van der Waals surface area contributed by atoms with Crippen LogP contribution in [0.5, 0.6) is 0 Å². The summed E-state index contributed by atoms with van der Waals surface area (Å²) in [7, 11) is 0. The lowest BCUT2D eigenvalue weighted by Gasteiger charge is -2.35. The van der Waals surface area contributed by atoms with Crippen molar-refractivity contribution >= 4 is 22.7 Å². The van der Waals surface area contributed by atoms with E-state index in [9.17, 15) is 14.4 Å². The van der Waals surface area contributed by atoms with Gasteiger partial charge < -0.3 is 19.5 Å². The number of carbonyl (C=O) groups is 2. The Kier molecular flexibility index (Phi) is 6.41. The highest BCUT2D eigenvalue weighted by molar-refractivity contribution is 5.79. The molecule has 1 aromatic carbocycles. The van der Waals surface area contributed by atoms with E-state index in [1.54, 1.807) is 23.1 Å². The number of piperazine rings is 1. The standard InChI is InChI=1S/C20H26N4O4/c1-14(2)11-18(25)23-7-9-24(10-8-23)19(26)13-28-12-17-21-16-6-4-3-5-15(16)20(27)22-17/h3-6,14H,7-13H2,1-2H3,(H,21,22,27). The topological polar surface area (TPSA) is 95.6 Å². The first-order valence-corrected chi connectivity index (χ1v) is 9.55. The number of nitrogens with zero attached hydrogens (tertiary/aromatic N) is 3. The van der Waals surface area contributed by atoms with Crippen LogP contribution in [0.3, 0.4) is 0 Å². The molecule has 2 aromatic rings. The zero-order chi connectivity index (χ0) is 20.1. The Balaban J connectivity index is 1.46. The Morgan fingerprint density at radius 1 is 1.11 bits per heavy atom. The van der Waals surface area contributed by atoms with Gasteiger partial charge in [-0.3, -0.25) is 14.4 Å². The van der Waals surface area contributed by atoms with Gasteiger partial charge in [0.1, 0.15) is 19.0 Å². The quantitative estimate of drug-likeness (QED) is 0.804. The number of rotatable bonds is 6. The molecule has 3 rings (SSSR count). The second-order valence-corrected chi connectivity index (χ2v) is 7.38. The highest BCUT2D eigenvalue weighted by Gasteiger charge is 2.24. The predicted molar refractivity (Wildman–Crippen MR) is 105 cm³/mol. The molecule has 1 aromatic heterocycles. The van der Waals surface area contributed by atoms with Gasteiger partial charge in [-0.1, -0.05) is 26.0 Å². The predicted octanol–water partition coefficient (Wildman–Crippen LogP) is 1.16. The molecule has 1 aliphatic heterocycles. The first-order chi connectivity index (χ1) is 13.4.